The van der Waals surface area contributed by atoms with Crippen molar-refractivity contribution in [3.05, 3.63) is 88.3 Å². The molecular formula is C30H34ClN3O4. The number of aliphatic hydroxyl groups excluding tert-OH is 1. The third-order valence-corrected chi connectivity index (χ3v) is 8.09. The van der Waals surface area contributed by atoms with Gasteiger partial charge in [-0.1, -0.05) is 73.1 Å². The van der Waals surface area contributed by atoms with E-state index in [4.69, 9.17) is 16.1 Å². The van der Waals surface area contributed by atoms with E-state index in [0.29, 0.717) is 49.8 Å². The first-order valence-electron chi connectivity index (χ1n) is 13.3. The molecule has 2 aromatic carbocycles. The Morgan fingerprint density at radius 2 is 1.87 bits per heavy atom. The van der Waals surface area contributed by atoms with E-state index in [-0.39, 0.29) is 23.6 Å². The van der Waals surface area contributed by atoms with E-state index in [1.807, 2.05) is 59.5 Å². The van der Waals surface area contributed by atoms with Gasteiger partial charge in [-0.25, -0.2) is 0 Å². The molecule has 0 saturated carbocycles. The first-order chi connectivity index (χ1) is 18.3. The molecule has 0 bridgehead atoms. The fourth-order valence-electron chi connectivity index (χ4n) is 5.87. The molecule has 3 aromatic rings. The van der Waals surface area contributed by atoms with Crippen molar-refractivity contribution in [3.63, 3.8) is 0 Å². The molecule has 2 fully saturated rings. The molecule has 1 spiro atoms. The average molecular weight is 536 g/mol. The Labute approximate surface area is 228 Å². The van der Waals surface area contributed by atoms with Crippen LogP contribution in [0.15, 0.2) is 65.2 Å². The van der Waals surface area contributed by atoms with Gasteiger partial charge in [-0.05, 0) is 54.9 Å². The molecule has 0 unspecified atom stereocenters. The highest BCUT2D eigenvalue weighted by Crippen LogP contribution is 2.48. The second-order valence-corrected chi connectivity index (χ2v) is 11.5. The topological polar surface area (TPSA) is 86.9 Å². The quantitative estimate of drug-likeness (QED) is 0.444. The number of carbonyl (C=O) groups excluding carboxylic acids is 2. The number of aliphatic hydroxyl groups is 1. The average Bonchev–Trinajstić information content (AvgIpc) is 3.47. The summed E-state index contributed by atoms with van der Waals surface area (Å²) in [5.41, 5.74) is 1.86. The molecule has 1 aromatic heterocycles. The molecule has 7 nitrogen and oxygen atoms in total. The highest BCUT2D eigenvalue weighted by Gasteiger charge is 2.54. The summed E-state index contributed by atoms with van der Waals surface area (Å²) in [4.78, 5) is 30.7. The maximum absolute atomic E-state index is 14.0. The van der Waals surface area contributed by atoms with Gasteiger partial charge in [-0.15, -0.1) is 0 Å². The number of likely N-dealkylation sites (tertiary alicyclic amines) is 2. The molecule has 5 rings (SSSR count). The van der Waals surface area contributed by atoms with Crippen LogP contribution in [0.1, 0.15) is 66.6 Å². The Morgan fingerprint density at radius 1 is 1.13 bits per heavy atom. The molecule has 8 heteroatoms. The van der Waals surface area contributed by atoms with E-state index < -0.39 is 11.5 Å². The third kappa shape index (κ3) is 5.36. The highest BCUT2D eigenvalue weighted by atomic mass is 35.5. The summed E-state index contributed by atoms with van der Waals surface area (Å²) in [6, 6.07) is 18.3. The van der Waals surface area contributed by atoms with E-state index in [2.05, 4.69) is 19.0 Å². The molecule has 2 saturated heterocycles. The Bertz CT molecular complexity index is 1280. The second-order valence-electron chi connectivity index (χ2n) is 11.0. The van der Waals surface area contributed by atoms with Gasteiger partial charge in [0, 0.05) is 30.7 Å². The first kappa shape index (κ1) is 26.4. The molecule has 0 radical (unpaired) electrons. The van der Waals surface area contributed by atoms with Gasteiger partial charge in [-0.2, -0.15) is 0 Å². The van der Waals surface area contributed by atoms with E-state index in [1.54, 1.807) is 11.0 Å². The van der Waals surface area contributed by atoms with Gasteiger partial charge in [0.05, 0.1) is 23.3 Å². The summed E-state index contributed by atoms with van der Waals surface area (Å²) in [6.07, 6.45) is 1.54. The van der Waals surface area contributed by atoms with Crippen molar-refractivity contribution in [2.24, 2.45) is 11.3 Å². The maximum atomic E-state index is 14.0. The summed E-state index contributed by atoms with van der Waals surface area (Å²) in [7, 11) is 0. The van der Waals surface area contributed by atoms with Gasteiger partial charge < -0.3 is 19.4 Å². The second kappa shape index (κ2) is 10.9. The Morgan fingerprint density at radius 3 is 2.55 bits per heavy atom. The zero-order valence-corrected chi connectivity index (χ0v) is 22.6. The van der Waals surface area contributed by atoms with E-state index in [9.17, 15) is 14.7 Å². The van der Waals surface area contributed by atoms with Crippen molar-refractivity contribution in [2.75, 3.05) is 13.1 Å². The fourth-order valence-corrected chi connectivity index (χ4v) is 6.08. The maximum Gasteiger partial charge on any atom is 0.292 e. The van der Waals surface area contributed by atoms with Gasteiger partial charge in [0.1, 0.15) is 0 Å². The monoisotopic (exact) mass is 535 g/mol. The van der Waals surface area contributed by atoms with Crippen LogP contribution < -0.4 is 0 Å². The molecule has 38 heavy (non-hydrogen) atoms. The van der Waals surface area contributed by atoms with E-state index >= 15 is 0 Å². The van der Waals surface area contributed by atoms with Crippen molar-refractivity contribution in [2.45, 2.75) is 58.2 Å². The summed E-state index contributed by atoms with van der Waals surface area (Å²) in [5.74, 6) is 0.502. The lowest BCUT2D eigenvalue weighted by atomic mass is 9.75. The van der Waals surface area contributed by atoms with Crippen LogP contribution in [-0.4, -0.2) is 51.0 Å². The van der Waals surface area contributed by atoms with Gasteiger partial charge in [0.15, 0.2) is 0 Å². The van der Waals surface area contributed by atoms with Gasteiger partial charge >= 0.3 is 0 Å². The smallest absolute Gasteiger partial charge is 0.292 e. The van der Waals surface area contributed by atoms with Crippen molar-refractivity contribution in [1.82, 2.24) is 15.0 Å². The minimum Gasteiger partial charge on any atom is -0.386 e. The van der Waals surface area contributed by atoms with Crippen LogP contribution in [0.3, 0.4) is 0 Å². The fraction of sp³-hybridized carbons (Fsp3) is 0.433. The van der Waals surface area contributed by atoms with E-state index in [1.165, 1.54) is 0 Å². The number of rotatable bonds is 7. The van der Waals surface area contributed by atoms with Crippen molar-refractivity contribution < 1.29 is 19.2 Å². The molecule has 2 atom stereocenters. The highest BCUT2D eigenvalue weighted by molar-refractivity contribution is 6.30. The van der Waals surface area contributed by atoms with Crippen LogP contribution in [0, 0.1) is 11.3 Å². The predicted octanol–water partition coefficient (Wildman–Crippen LogP) is 5.28. The summed E-state index contributed by atoms with van der Waals surface area (Å²) < 4.78 is 5.35. The molecule has 2 aliphatic heterocycles. The molecule has 200 valence electrons. The normalized spacial score (nSPS) is 19.9. The van der Waals surface area contributed by atoms with Crippen molar-refractivity contribution >= 4 is 23.4 Å². The van der Waals surface area contributed by atoms with Gasteiger partial charge in [0.25, 0.3) is 5.91 Å². The number of halogens is 1. The number of carbonyl (C=O) groups is 2. The minimum atomic E-state index is -0.813. The molecule has 2 amide bonds. The molecule has 0 aliphatic carbocycles. The number of amides is 2. The zero-order valence-electron chi connectivity index (χ0n) is 21.8. The molecule has 3 heterocycles. The lowest BCUT2D eigenvalue weighted by molar-refractivity contribution is -0.140. The Hall–Kier alpha value is -3.16. The van der Waals surface area contributed by atoms with Crippen LogP contribution in [0.5, 0.6) is 0 Å². The third-order valence-electron chi connectivity index (χ3n) is 7.86. The van der Waals surface area contributed by atoms with Crippen LogP contribution in [-0.2, 0) is 17.8 Å². The molecule has 1 N–H and O–H groups in total. The minimum absolute atomic E-state index is 0.0310. The van der Waals surface area contributed by atoms with Crippen molar-refractivity contribution in [3.8, 4) is 0 Å². The summed E-state index contributed by atoms with van der Waals surface area (Å²) in [6.45, 7) is 5.45. The zero-order chi connectivity index (χ0) is 26.9. The molecular weight excluding hydrogens is 502 g/mol. The number of nitrogens with zero attached hydrogens (tertiary/aromatic N) is 3. The number of hydrogen-bond acceptors (Lipinski definition) is 5. The number of hydrogen-bond donors (Lipinski definition) is 1. The number of piperidine rings is 1. The standard InChI is InChI=1S/C30H34ClN3O4/c1-20(2)15-24-17-26(38-32-24)28(36)33-13-11-30(12-14-33)18-25(27(35)22-8-4-3-5-9-22)34(29(30)37)19-21-7-6-10-23(31)16-21/h3-10,16-17,20,25,27,35H,11-15,18-19H2,1-2H3/t25-,27+/m0/s1. The summed E-state index contributed by atoms with van der Waals surface area (Å²) in [5, 5.41) is 16.1. The van der Waals surface area contributed by atoms with Crippen molar-refractivity contribution in [1.29, 1.82) is 0 Å². The SMILES string of the molecule is CC(C)Cc1cc(C(=O)N2CCC3(CC2)C[C@@H]([C@H](O)c2ccccc2)N(Cc2cccc(Cl)c2)C3=O)on1. The van der Waals surface area contributed by atoms with Gasteiger partial charge in [0.2, 0.25) is 11.7 Å². The number of benzene rings is 2. The van der Waals surface area contributed by atoms with Crippen LogP contribution in [0.2, 0.25) is 5.02 Å². The van der Waals surface area contributed by atoms with Crippen LogP contribution in [0.25, 0.3) is 0 Å². The van der Waals surface area contributed by atoms with Gasteiger partial charge in [-0.3, -0.25) is 9.59 Å². The molecule has 2 aliphatic rings. The predicted molar refractivity (Wildman–Crippen MR) is 144 cm³/mol. The summed E-state index contributed by atoms with van der Waals surface area (Å²) >= 11 is 6.22. The van der Waals surface area contributed by atoms with Crippen LogP contribution in [0.4, 0.5) is 0 Å². The van der Waals surface area contributed by atoms with Crippen LogP contribution >= 0.6 is 11.6 Å². The Kier molecular flexibility index (Phi) is 7.59. The number of aromatic nitrogens is 1. The van der Waals surface area contributed by atoms with E-state index in [0.717, 1.165) is 23.2 Å². The Balaban J connectivity index is 1.34. The lowest BCUT2D eigenvalue weighted by Crippen LogP contribution is -2.46. The first-order valence-corrected chi connectivity index (χ1v) is 13.7. The lowest BCUT2D eigenvalue weighted by Gasteiger charge is -2.37. The largest absolute Gasteiger partial charge is 0.386 e.